The number of benzene rings is 2. The fourth-order valence-electron chi connectivity index (χ4n) is 2.14. The van der Waals surface area contributed by atoms with E-state index in [1.807, 2.05) is 18.2 Å². The van der Waals surface area contributed by atoms with Crippen molar-refractivity contribution in [3.8, 4) is 0 Å². The van der Waals surface area contributed by atoms with Crippen LogP contribution < -0.4 is 0 Å². The van der Waals surface area contributed by atoms with Crippen LogP contribution in [-0.4, -0.2) is 16.8 Å². The SMILES string of the molecule is O=C(O)CSCc1ccc2oc3ccc(F)cc3c2c1. The smallest absolute Gasteiger partial charge is 0.313 e. The van der Waals surface area contributed by atoms with E-state index in [0.717, 1.165) is 16.3 Å². The van der Waals surface area contributed by atoms with Crippen molar-refractivity contribution in [2.24, 2.45) is 0 Å². The second-order valence-corrected chi connectivity index (χ2v) is 5.45. The Hall–Kier alpha value is -2.01. The van der Waals surface area contributed by atoms with Crippen LogP contribution in [0, 0.1) is 5.82 Å². The van der Waals surface area contributed by atoms with E-state index in [2.05, 4.69) is 0 Å². The van der Waals surface area contributed by atoms with Gasteiger partial charge in [0.15, 0.2) is 0 Å². The molecule has 0 bridgehead atoms. The predicted octanol–water partition coefficient (Wildman–Crippen LogP) is 4.04. The van der Waals surface area contributed by atoms with Crippen LogP contribution in [0.1, 0.15) is 5.56 Å². The van der Waals surface area contributed by atoms with Gasteiger partial charge in [-0.1, -0.05) is 6.07 Å². The Bertz CT molecular complexity index is 794. The summed E-state index contributed by atoms with van der Waals surface area (Å²) in [6.07, 6.45) is 0. The maximum Gasteiger partial charge on any atom is 0.313 e. The molecule has 0 radical (unpaired) electrons. The molecule has 5 heteroatoms. The number of carbonyl (C=O) groups is 1. The maximum atomic E-state index is 13.3. The molecule has 20 heavy (non-hydrogen) atoms. The van der Waals surface area contributed by atoms with Crippen LogP contribution in [0.5, 0.6) is 0 Å². The Morgan fingerprint density at radius 1 is 1.15 bits per heavy atom. The van der Waals surface area contributed by atoms with Gasteiger partial charge in [-0.15, -0.1) is 11.8 Å². The molecule has 1 heterocycles. The minimum atomic E-state index is -0.827. The van der Waals surface area contributed by atoms with Crippen molar-refractivity contribution >= 4 is 39.7 Å². The summed E-state index contributed by atoms with van der Waals surface area (Å²) >= 11 is 1.33. The summed E-state index contributed by atoms with van der Waals surface area (Å²) in [5.41, 5.74) is 2.35. The Labute approximate surface area is 118 Å². The van der Waals surface area contributed by atoms with Gasteiger partial charge in [0.05, 0.1) is 5.75 Å². The lowest BCUT2D eigenvalue weighted by atomic mass is 10.1. The molecule has 0 spiro atoms. The molecule has 3 rings (SSSR count). The first kappa shape index (κ1) is 13.0. The Kier molecular flexibility index (Phi) is 3.36. The van der Waals surface area contributed by atoms with E-state index < -0.39 is 5.97 Å². The van der Waals surface area contributed by atoms with E-state index in [4.69, 9.17) is 9.52 Å². The third-order valence-electron chi connectivity index (χ3n) is 2.99. The lowest BCUT2D eigenvalue weighted by molar-refractivity contribution is -0.133. The molecule has 0 aliphatic heterocycles. The standard InChI is InChI=1S/C15H11FO3S/c16-10-2-4-14-12(6-10)11-5-9(1-3-13(11)19-14)7-20-8-15(17)18/h1-6H,7-8H2,(H,17,18). The normalized spacial score (nSPS) is 11.2. The number of carboxylic acids is 1. The summed E-state index contributed by atoms with van der Waals surface area (Å²) in [6, 6.07) is 10.1. The highest BCUT2D eigenvalue weighted by atomic mass is 32.2. The number of thioether (sulfide) groups is 1. The number of hydrogen-bond acceptors (Lipinski definition) is 3. The van der Waals surface area contributed by atoms with Crippen molar-refractivity contribution in [2.45, 2.75) is 5.75 Å². The highest BCUT2D eigenvalue weighted by molar-refractivity contribution is 7.99. The number of rotatable bonds is 4. The average molecular weight is 290 g/mol. The zero-order chi connectivity index (χ0) is 14.1. The molecular weight excluding hydrogens is 279 g/mol. The lowest BCUT2D eigenvalue weighted by Crippen LogP contribution is -1.98. The van der Waals surface area contributed by atoms with Gasteiger partial charge in [-0.2, -0.15) is 0 Å². The summed E-state index contributed by atoms with van der Waals surface area (Å²) < 4.78 is 19.0. The van der Waals surface area contributed by atoms with Gasteiger partial charge in [0.2, 0.25) is 0 Å². The van der Waals surface area contributed by atoms with Gasteiger partial charge in [-0.05, 0) is 35.9 Å². The minimum absolute atomic E-state index is 0.0683. The molecule has 0 aliphatic carbocycles. The van der Waals surface area contributed by atoms with Gasteiger partial charge in [0, 0.05) is 16.5 Å². The van der Waals surface area contributed by atoms with Crippen molar-refractivity contribution in [2.75, 3.05) is 5.75 Å². The Morgan fingerprint density at radius 2 is 1.85 bits per heavy atom. The van der Waals surface area contributed by atoms with Crippen LogP contribution in [-0.2, 0) is 10.5 Å². The van der Waals surface area contributed by atoms with Crippen molar-refractivity contribution in [1.29, 1.82) is 0 Å². The quantitative estimate of drug-likeness (QED) is 0.787. The molecule has 0 atom stereocenters. The van der Waals surface area contributed by atoms with Gasteiger partial charge >= 0.3 is 5.97 Å². The van der Waals surface area contributed by atoms with Crippen LogP contribution in [0.2, 0.25) is 0 Å². The van der Waals surface area contributed by atoms with Gasteiger partial charge in [0.25, 0.3) is 0 Å². The van der Waals surface area contributed by atoms with Crippen molar-refractivity contribution in [3.63, 3.8) is 0 Å². The zero-order valence-corrected chi connectivity index (χ0v) is 11.2. The summed E-state index contributed by atoms with van der Waals surface area (Å²) in [5, 5.41) is 10.2. The summed E-state index contributed by atoms with van der Waals surface area (Å²) in [4.78, 5) is 10.5. The highest BCUT2D eigenvalue weighted by Crippen LogP contribution is 2.30. The van der Waals surface area contributed by atoms with Crippen LogP contribution in [0.4, 0.5) is 4.39 Å². The van der Waals surface area contributed by atoms with Gasteiger partial charge in [-0.3, -0.25) is 4.79 Å². The molecule has 102 valence electrons. The molecule has 3 aromatic rings. The first-order chi connectivity index (χ1) is 9.63. The Balaban J connectivity index is 1.98. The second-order valence-electron chi connectivity index (χ2n) is 4.46. The zero-order valence-electron chi connectivity index (χ0n) is 10.4. The average Bonchev–Trinajstić information content (AvgIpc) is 2.76. The van der Waals surface area contributed by atoms with E-state index in [1.165, 1.54) is 23.9 Å². The molecule has 0 saturated heterocycles. The first-order valence-electron chi connectivity index (χ1n) is 6.04. The van der Waals surface area contributed by atoms with E-state index >= 15 is 0 Å². The number of aliphatic carboxylic acids is 1. The van der Waals surface area contributed by atoms with Crippen LogP contribution in [0.3, 0.4) is 0 Å². The van der Waals surface area contributed by atoms with E-state index in [-0.39, 0.29) is 11.6 Å². The van der Waals surface area contributed by atoms with Crippen molar-refractivity contribution in [3.05, 3.63) is 47.8 Å². The summed E-state index contributed by atoms with van der Waals surface area (Å²) in [6.45, 7) is 0. The van der Waals surface area contributed by atoms with Crippen LogP contribution in [0.25, 0.3) is 21.9 Å². The fourth-order valence-corrected chi connectivity index (χ4v) is 2.83. The van der Waals surface area contributed by atoms with E-state index in [0.29, 0.717) is 16.9 Å². The van der Waals surface area contributed by atoms with Crippen molar-refractivity contribution in [1.82, 2.24) is 0 Å². The predicted molar refractivity (Wildman–Crippen MR) is 77.5 cm³/mol. The molecule has 3 nitrogen and oxygen atoms in total. The fraction of sp³-hybridized carbons (Fsp3) is 0.133. The lowest BCUT2D eigenvalue weighted by Gasteiger charge is -1.99. The molecule has 1 aromatic heterocycles. The van der Waals surface area contributed by atoms with Crippen molar-refractivity contribution < 1.29 is 18.7 Å². The molecule has 2 aromatic carbocycles. The largest absolute Gasteiger partial charge is 0.481 e. The number of carboxylic acid groups (broad SMARTS) is 1. The second kappa shape index (κ2) is 5.17. The molecule has 1 N–H and O–H groups in total. The van der Waals surface area contributed by atoms with Gasteiger partial charge in [0.1, 0.15) is 17.0 Å². The highest BCUT2D eigenvalue weighted by Gasteiger charge is 2.09. The molecular formula is C15H11FO3S. The Morgan fingerprint density at radius 3 is 2.60 bits per heavy atom. The number of hydrogen-bond donors (Lipinski definition) is 1. The molecule has 0 unspecified atom stereocenters. The number of halogens is 1. The maximum absolute atomic E-state index is 13.3. The van der Waals surface area contributed by atoms with Gasteiger partial charge < -0.3 is 9.52 Å². The summed E-state index contributed by atoms with van der Waals surface area (Å²) in [5.74, 6) is -0.457. The van der Waals surface area contributed by atoms with Crippen LogP contribution in [0.15, 0.2) is 40.8 Å². The number of fused-ring (bicyclic) bond motifs is 3. The molecule has 0 fully saturated rings. The summed E-state index contributed by atoms with van der Waals surface area (Å²) in [7, 11) is 0. The number of furan rings is 1. The van der Waals surface area contributed by atoms with E-state index in [1.54, 1.807) is 6.07 Å². The topological polar surface area (TPSA) is 50.4 Å². The molecule has 0 aliphatic rings. The molecule has 0 saturated carbocycles. The third kappa shape index (κ3) is 2.49. The van der Waals surface area contributed by atoms with E-state index in [9.17, 15) is 9.18 Å². The van der Waals surface area contributed by atoms with Crippen LogP contribution >= 0.6 is 11.8 Å². The monoisotopic (exact) mass is 290 g/mol. The first-order valence-corrected chi connectivity index (χ1v) is 7.19. The molecule has 0 amide bonds. The minimum Gasteiger partial charge on any atom is -0.481 e. The van der Waals surface area contributed by atoms with Gasteiger partial charge in [-0.25, -0.2) is 4.39 Å². The third-order valence-corrected chi connectivity index (χ3v) is 3.98.